The fourth-order valence-electron chi connectivity index (χ4n) is 2.93. The second-order valence-electron chi connectivity index (χ2n) is 5.29. The van der Waals surface area contributed by atoms with E-state index in [-0.39, 0.29) is 18.1 Å². The highest BCUT2D eigenvalue weighted by atomic mass is 16.6. The maximum Gasteiger partial charge on any atom is 0.410 e. The van der Waals surface area contributed by atoms with E-state index in [1.807, 2.05) is 30.3 Å². The van der Waals surface area contributed by atoms with Gasteiger partial charge in [-0.1, -0.05) is 30.3 Å². The number of benzene rings is 1. The van der Waals surface area contributed by atoms with E-state index in [9.17, 15) is 9.59 Å². The lowest BCUT2D eigenvalue weighted by Gasteiger charge is -2.43. The summed E-state index contributed by atoms with van der Waals surface area (Å²) in [6.45, 7) is 0.832. The summed E-state index contributed by atoms with van der Waals surface area (Å²) in [5, 5.41) is 0. The van der Waals surface area contributed by atoms with Gasteiger partial charge in [-0.15, -0.1) is 0 Å². The molecular weight excluding hydrogens is 242 g/mol. The molecule has 1 aromatic carbocycles. The fourth-order valence-corrected chi connectivity index (χ4v) is 2.93. The van der Waals surface area contributed by atoms with Crippen LogP contribution >= 0.6 is 0 Å². The third-order valence-electron chi connectivity index (χ3n) is 4.04. The van der Waals surface area contributed by atoms with Gasteiger partial charge < -0.3 is 9.64 Å². The summed E-state index contributed by atoms with van der Waals surface area (Å²) in [4.78, 5) is 25.4. The van der Waals surface area contributed by atoms with Crippen LogP contribution in [0.15, 0.2) is 30.3 Å². The number of piperidine rings is 2. The van der Waals surface area contributed by atoms with Crippen LogP contribution < -0.4 is 0 Å². The van der Waals surface area contributed by atoms with Crippen LogP contribution in [0.2, 0.25) is 0 Å². The molecule has 0 aromatic heterocycles. The molecule has 100 valence electrons. The van der Waals surface area contributed by atoms with Gasteiger partial charge in [-0.05, 0) is 18.4 Å². The van der Waals surface area contributed by atoms with Crippen molar-refractivity contribution >= 4 is 11.9 Å². The fraction of sp³-hybridized carbons (Fsp3) is 0.467. The van der Waals surface area contributed by atoms with Gasteiger partial charge in [0.25, 0.3) is 0 Å². The molecule has 1 saturated carbocycles. The first kappa shape index (κ1) is 12.2. The minimum atomic E-state index is -0.286. The molecule has 4 heteroatoms. The average Bonchev–Trinajstić information content (AvgIpc) is 2.46. The number of hydrogen-bond donors (Lipinski definition) is 0. The molecule has 1 amide bonds. The monoisotopic (exact) mass is 259 g/mol. The van der Waals surface area contributed by atoms with Crippen molar-refractivity contribution in [1.29, 1.82) is 0 Å². The molecule has 2 bridgehead atoms. The van der Waals surface area contributed by atoms with Crippen molar-refractivity contribution in [2.75, 3.05) is 6.54 Å². The third kappa shape index (κ3) is 2.48. The third-order valence-corrected chi connectivity index (χ3v) is 4.04. The molecule has 2 heterocycles. The van der Waals surface area contributed by atoms with Crippen LogP contribution in [0, 0.1) is 5.92 Å². The molecule has 0 N–H and O–H groups in total. The Morgan fingerprint density at radius 1 is 1.26 bits per heavy atom. The number of carbonyl (C=O) groups is 2. The van der Waals surface area contributed by atoms with Gasteiger partial charge in [0.1, 0.15) is 12.4 Å². The standard InChI is InChI=1S/C15H17NO3/c17-14-8-13-7-6-12(14)9-16(13)15(18)19-10-11-4-2-1-3-5-11/h1-5,12-13H,6-10H2/t12-,13-/m0/s1. The molecule has 19 heavy (non-hydrogen) atoms. The summed E-state index contributed by atoms with van der Waals surface area (Å²) in [5.41, 5.74) is 0.981. The van der Waals surface area contributed by atoms with Crippen molar-refractivity contribution in [1.82, 2.24) is 4.90 Å². The lowest BCUT2D eigenvalue weighted by molar-refractivity contribution is -0.131. The number of carbonyl (C=O) groups excluding carboxylic acids is 2. The Kier molecular flexibility index (Phi) is 3.23. The molecule has 0 unspecified atom stereocenters. The van der Waals surface area contributed by atoms with Crippen molar-refractivity contribution < 1.29 is 14.3 Å². The number of ether oxygens (including phenoxy) is 1. The van der Waals surface area contributed by atoms with Gasteiger partial charge in [0.15, 0.2) is 0 Å². The van der Waals surface area contributed by atoms with E-state index in [0.29, 0.717) is 25.4 Å². The molecule has 4 nitrogen and oxygen atoms in total. The summed E-state index contributed by atoms with van der Waals surface area (Å²) in [5.74, 6) is 0.345. The number of fused-ring (bicyclic) bond motifs is 3. The zero-order chi connectivity index (χ0) is 13.2. The van der Waals surface area contributed by atoms with Gasteiger partial charge in [-0.25, -0.2) is 4.79 Å². The van der Waals surface area contributed by atoms with Gasteiger partial charge in [-0.2, -0.15) is 0 Å². The Bertz CT molecular complexity index is 485. The predicted molar refractivity (Wildman–Crippen MR) is 69.5 cm³/mol. The maximum absolute atomic E-state index is 12.1. The summed E-state index contributed by atoms with van der Waals surface area (Å²) in [6.07, 6.45) is 2.07. The molecule has 3 fully saturated rings. The maximum atomic E-state index is 12.1. The number of rotatable bonds is 2. The quantitative estimate of drug-likeness (QED) is 0.819. The van der Waals surface area contributed by atoms with E-state index in [2.05, 4.69) is 0 Å². The summed E-state index contributed by atoms with van der Waals surface area (Å²) in [6, 6.07) is 9.69. The van der Waals surface area contributed by atoms with Crippen molar-refractivity contribution in [3.05, 3.63) is 35.9 Å². The van der Waals surface area contributed by atoms with Crippen LogP contribution in [-0.2, 0) is 16.1 Å². The van der Waals surface area contributed by atoms with E-state index in [1.165, 1.54) is 0 Å². The van der Waals surface area contributed by atoms with E-state index >= 15 is 0 Å². The van der Waals surface area contributed by atoms with Gasteiger partial charge in [0.2, 0.25) is 0 Å². The molecular formula is C15H17NO3. The van der Waals surface area contributed by atoms with Crippen LogP contribution in [0.4, 0.5) is 4.79 Å². The highest BCUT2D eigenvalue weighted by Gasteiger charge is 2.42. The van der Waals surface area contributed by atoms with Crippen molar-refractivity contribution in [2.45, 2.75) is 31.9 Å². The molecule has 0 spiro atoms. The average molecular weight is 259 g/mol. The second-order valence-corrected chi connectivity index (χ2v) is 5.29. The Morgan fingerprint density at radius 2 is 2.05 bits per heavy atom. The lowest BCUT2D eigenvalue weighted by atomic mass is 9.79. The number of ketones is 1. The van der Waals surface area contributed by atoms with E-state index in [0.717, 1.165) is 18.4 Å². The number of nitrogens with zero attached hydrogens (tertiary/aromatic N) is 1. The van der Waals surface area contributed by atoms with Crippen LogP contribution in [0.5, 0.6) is 0 Å². The van der Waals surface area contributed by atoms with Crippen molar-refractivity contribution in [3.63, 3.8) is 0 Å². The van der Waals surface area contributed by atoms with Crippen molar-refractivity contribution in [2.24, 2.45) is 5.92 Å². The highest BCUT2D eigenvalue weighted by Crippen LogP contribution is 2.32. The van der Waals surface area contributed by atoms with E-state index < -0.39 is 0 Å². The normalized spacial score (nSPS) is 25.5. The Morgan fingerprint density at radius 3 is 2.68 bits per heavy atom. The first-order chi connectivity index (χ1) is 9.24. The Labute approximate surface area is 112 Å². The van der Waals surface area contributed by atoms with Crippen LogP contribution in [0.1, 0.15) is 24.8 Å². The molecule has 1 aliphatic carbocycles. The van der Waals surface area contributed by atoms with Crippen LogP contribution in [-0.4, -0.2) is 29.4 Å². The molecule has 0 radical (unpaired) electrons. The summed E-state index contributed by atoms with van der Waals surface area (Å²) >= 11 is 0. The molecule has 1 aromatic rings. The number of hydrogen-bond acceptors (Lipinski definition) is 3. The van der Waals surface area contributed by atoms with Gasteiger partial charge in [0, 0.05) is 24.9 Å². The van der Waals surface area contributed by atoms with Crippen molar-refractivity contribution in [3.8, 4) is 0 Å². The summed E-state index contributed by atoms with van der Waals surface area (Å²) < 4.78 is 5.33. The SMILES string of the molecule is O=C1C[C@@H]2CC[C@H]1CN2C(=O)OCc1ccccc1. The largest absolute Gasteiger partial charge is 0.445 e. The molecule has 4 rings (SSSR count). The van der Waals surface area contributed by atoms with E-state index in [4.69, 9.17) is 4.74 Å². The van der Waals surface area contributed by atoms with Crippen LogP contribution in [0.25, 0.3) is 0 Å². The number of Topliss-reactive ketones (excluding diaryl/α,β-unsaturated/α-hetero) is 1. The predicted octanol–water partition coefficient (Wildman–Crippen LogP) is 2.38. The summed E-state index contributed by atoms with van der Waals surface area (Å²) in [7, 11) is 0. The Balaban J connectivity index is 1.58. The first-order valence-corrected chi connectivity index (χ1v) is 6.74. The molecule has 2 saturated heterocycles. The topological polar surface area (TPSA) is 46.6 Å². The van der Waals surface area contributed by atoms with Gasteiger partial charge in [-0.3, -0.25) is 4.79 Å². The van der Waals surface area contributed by atoms with Gasteiger partial charge >= 0.3 is 6.09 Å². The molecule has 2 atom stereocenters. The van der Waals surface area contributed by atoms with E-state index in [1.54, 1.807) is 4.90 Å². The minimum absolute atomic E-state index is 0.0364. The Hall–Kier alpha value is -1.84. The van der Waals surface area contributed by atoms with Crippen LogP contribution in [0.3, 0.4) is 0 Å². The van der Waals surface area contributed by atoms with Gasteiger partial charge in [0.05, 0.1) is 0 Å². The zero-order valence-corrected chi connectivity index (χ0v) is 10.7. The first-order valence-electron chi connectivity index (χ1n) is 6.74. The number of amides is 1. The highest BCUT2D eigenvalue weighted by molar-refractivity contribution is 5.85. The zero-order valence-electron chi connectivity index (χ0n) is 10.7. The molecule has 3 aliphatic rings. The smallest absolute Gasteiger partial charge is 0.410 e. The second kappa shape index (κ2) is 5.03. The molecule has 2 aliphatic heterocycles. The minimum Gasteiger partial charge on any atom is -0.445 e. The lowest BCUT2D eigenvalue weighted by Crippen LogP contribution is -2.54.